The molecule has 174 valence electrons. The number of imidazole rings is 2. The minimum atomic E-state index is -0.456. The number of aromatic nitrogens is 4. The molecule has 0 spiro atoms. The average molecular weight is 497 g/mol. The molecule has 11 heteroatoms. The van der Waals surface area contributed by atoms with Crippen LogP contribution < -0.4 is 11.2 Å². The van der Waals surface area contributed by atoms with Gasteiger partial charge in [0.05, 0.1) is 48.4 Å². The number of pyridine rings is 2. The highest BCUT2D eigenvalue weighted by Gasteiger charge is 2.25. The first-order valence-corrected chi connectivity index (χ1v) is 11.7. The first kappa shape index (κ1) is 22.4. The second kappa shape index (κ2) is 9.44. The Balaban J connectivity index is 1.24. The van der Waals surface area contributed by atoms with Crippen LogP contribution in [0.1, 0.15) is 41.3 Å². The van der Waals surface area contributed by atoms with Crippen molar-refractivity contribution in [1.82, 2.24) is 24.1 Å². The van der Waals surface area contributed by atoms with E-state index < -0.39 is 5.91 Å². The minimum Gasteiger partial charge on any atom is -0.345 e. The largest absolute Gasteiger partial charge is 0.345 e. The number of halogens is 2. The molecule has 34 heavy (non-hydrogen) atoms. The molecule has 0 unspecified atom stereocenters. The van der Waals surface area contributed by atoms with Gasteiger partial charge in [-0.25, -0.2) is 9.97 Å². The zero-order valence-electron chi connectivity index (χ0n) is 18.2. The summed E-state index contributed by atoms with van der Waals surface area (Å²) in [7, 11) is 0. The van der Waals surface area contributed by atoms with Crippen LogP contribution in [0.15, 0.2) is 53.2 Å². The van der Waals surface area contributed by atoms with E-state index in [2.05, 4.69) is 37.6 Å². The molecule has 0 saturated heterocycles. The van der Waals surface area contributed by atoms with Crippen molar-refractivity contribution in [3.8, 4) is 0 Å². The lowest BCUT2D eigenvalue weighted by atomic mass is 10.1. The highest BCUT2D eigenvalue weighted by atomic mass is 35.5. The smallest absolute Gasteiger partial charge is 0.273 e. The van der Waals surface area contributed by atoms with Crippen LogP contribution >= 0.6 is 23.2 Å². The number of carbonyl (C=O) groups is 1. The minimum absolute atomic E-state index is 0.00257. The summed E-state index contributed by atoms with van der Waals surface area (Å²) in [6.07, 6.45) is 11.3. The number of nitrogens with one attached hydrogen (secondary N) is 1. The summed E-state index contributed by atoms with van der Waals surface area (Å²) in [5, 5.41) is 6.92. The van der Waals surface area contributed by atoms with E-state index in [9.17, 15) is 4.79 Å². The molecule has 4 heterocycles. The number of aliphatic imine (C=N–C) groups is 1. The van der Waals surface area contributed by atoms with Gasteiger partial charge in [0.25, 0.3) is 5.91 Å². The summed E-state index contributed by atoms with van der Waals surface area (Å²) >= 11 is 12.2. The molecule has 4 aromatic heterocycles. The van der Waals surface area contributed by atoms with Crippen LogP contribution in [0.2, 0.25) is 5.02 Å². The Morgan fingerprint density at radius 3 is 2.91 bits per heavy atom. The van der Waals surface area contributed by atoms with E-state index in [0.717, 1.165) is 22.4 Å². The van der Waals surface area contributed by atoms with Crippen LogP contribution in [0, 0.1) is 0 Å². The first-order chi connectivity index (χ1) is 16.6. The van der Waals surface area contributed by atoms with E-state index in [1.54, 1.807) is 24.7 Å². The Kier molecular flexibility index (Phi) is 6.21. The number of hydrogen-bond donors (Lipinski definition) is 2. The number of rotatable bonds is 8. The van der Waals surface area contributed by atoms with Crippen LogP contribution in [0.25, 0.3) is 11.2 Å². The Labute approximate surface area is 205 Å². The standard InChI is InChI=1S/C23H22Cl2N8O/c24-7-15-5-16(14-1-2-14)11-33-12-18(30-22(15)33)8-27-9-20(31-26)23(34)28-10-19-21-6-17(25)3-4-32(21)13-29-19/h3-6,9,11-14H,1-2,7-8,10,26H2,(H,28,34). The van der Waals surface area contributed by atoms with E-state index in [4.69, 9.17) is 29.0 Å². The number of nitrogens with zero attached hydrogens (tertiary/aromatic N) is 6. The van der Waals surface area contributed by atoms with E-state index in [-0.39, 0.29) is 18.8 Å². The second-order valence-corrected chi connectivity index (χ2v) is 8.87. The Morgan fingerprint density at radius 1 is 1.29 bits per heavy atom. The summed E-state index contributed by atoms with van der Waals surface area (Å²) in [5.74, 6) is 5.99. The third-order valence-corrected chi connectivity index (χ3v) is 6.25. The second-order valence-electron chi connectivity index (χ2n) is 8.17. The maximum absolute atomic E-state index is 12.5. The SMILES string of the molecule is NN=C(C=NCc1cn2cc(C3CC3)cc(CCl)c2n1)C(=O)NCc1ncn2ccc(Cl)cc12. The maximum atomic E-state index is 12.5. The number of nitrogens with two attached hydrogens (primary N) is 1. The van der Waals surface area contributed by atoms with E-state index in [0.29, 0.717) is 22.5 Å². The fourth-order valence-corrected chi connectivity index (χ4v) is 4.20. The molecule has 1 saturated carbocycles. The molecule has 1 aliphatic rings. The number of hydrazone groups is 1. The molecule has 0 aliphatic heterocycles. The Hall–Kier alpha value is -3.43. The molecule has 1 fully saturated rings. The van der Waals surface area contributed by atoms with E-state index >= 15 is 0 Å². The third kappa shape index (κ3) is 4.62. The number of fused-ring (bicyclic) bond motifs is 2. The highest BCUT2D eigenvalue weighted by Crippen LogP contribution is 2.40. The number of alkyl halides is 1. The van der Waals surface area contributed by atoms with Crippen molar-refractivity contribution in [1.29, 1.82) is 0 Å². The molecule has 0 atom stereocenters. The van der Waals surface area contributed by atoms with Crippen molar-refractivity contribution in [2.45, 2.75) is 37.7 Å². The first-order valence-electron chi connectivity index (χ1n) is 10.8. The van der Waals surface area contributed by atoms with E-state index in [1.165, 1.54) is 24.6 Å². The van der Waals surface area contributed by atoms with Gasteiger partial charge >= 0.3 is 0 Å². The normalized spacial score (nSPS) is 14.5. The van der Waals surface area contributed by atoms with Gasteiger partial charge in [-0.15, -0.1) is 11.6 Å². The summed E-state index contributed by atoms with van der Waals surface area (Å²) < 4.78 is 3.83. The van der Waals surface area contributed by atoms with Gasteiger partial charge in [0.15, 0.2) is 5.71 Å². The third-order valence-electron chi connectivity index (χ3n) is 5.73. The van der Waals surface area contributed by atoms with Gasteiger partial charge < -0.3 is 20.0 Å². The van der Waals surface area contributed by atoms with Crippen LogP contribution in [0.4, 0.5) is 0 Å². The number of carbonyl (C=O) groups excluding carboxylic acids is 1. The van der Waals surface area contributed by atoms with Gasteiger partial charge in [-0.3, -0.25) is 9.79 Å². The van der Waals surface area contributed by atoms with Crippen LogP contribution in [-0.2, 0) is 23.8 Å². The number of hydrogen-bond acceptors (Lipinski definition) is 6. The van der Waals surface area contributed by atoms with Crippen molar-refractivity contribution < 1.29 is 4.79 Å². The quantitative estimate of drug-likeness (QED) is 0.168. The molecular weight excluding hydrogens is 475 g/mol. The molecule has 1 amide bonds. The zero-order chi connectivity index (χ0) is 23.7. The van der Waals surface area contributed by atoms with Crippen molar-refractivity contribution in [3.05, 3.63) is 70.7 Å². The predicted molar refractivity (Wildman–Crippen MR) is 133 cm³/mol. The van der Waals surface area contributed by atoms with Crippen molar-refractivity contribution in [2.75, 3.05) is 0 Å². The Morgan fingerprint density at radius 2 is 2.15 bits per heavy atom. The molecule has 5 rings (SSSR count). The lowest BCUT2D eigenvalue weighted by molar-refractivity contribution is -0.114. The fourth-order valence-electron chi connectivity index (χ4n) is 3.84. The Bertz CT molecular complexity index is 1430. The zero-order valence-corrected chi connectivity index (χ0v) is 19.7. The predicted octanol–water partition coefficient (Wildman–Crippen LogP) is 3.45. The molecule has 1 aliphatic carbocycles. The van der Waals surface area contributed by atoms with Gasteiger partial charge in [-0.05, 0) is 42.5 Å². The van der Waals surface area contributed by atoms with Gasteiger partial charge in [0, 0.05) is 29.2 Å². The van der Waals surface area contributed by atoms with Gasteiger partial charge in [-0.2, -0.15) is 5.10 Å². The molecular formula is C23H22Cl2N8O. The van der Waals surface area contributed by atoms with Crippen LogP contribution in [0.5, 0.6) is 0 Å². The molecule has 0 radical (unpaired) electrons. The average Bonchev–Trinajstić information content (AvgIpc) is 3.49. The van der Waals surface area contributed by atoms with Gasteiger partial charge in [0.2, 0.25) is 0 Å². The van der Waals surface area contributed by atoms with E-state index in [1.807, 2.05) is 15.0 Å². The van der Waals surface area contributed by atoms with Gasteiger partial charge in [0.1, 0.15) is 5.65 Å². The number of amides is 1. The lowest BCUT2D eigenvalue weighted by Gasteiger charge is -2.04. The maximum Gasteiger partial charge on any atom is 0.273 e. The topological polar surface area (TPSA) is 114 Å². The van der Waals surface area contributed by atoms with Gasteiger partial charge in [-0.1, -0.05) is 11.6 Å². The van der Waals surface area contributed by atoms with Crippen molar-refractivity contribution >= 4 is 52.2 Å². The van der Waals surface area contributed by atoms with Crippen LogP contribution in [-0.4, -0.2) is 36.6 Å². The fraction of sp³-hybridized carbons (Fsp3) is 0.261. The summed E-state index contributed by atoms with van der Waals surface area (Å²) in [6.45, 7) is 0.470. The summed E-state index contributed by atoms with van der Waals surface area (Å²) in [5.41, 5.74) is 5.35. The molecule has 3 N–H and O–H groups in total. The molecule has 9 nitrogen and oxygen atoms in total. The van der Waals surface area contributed by atoms with Crippen molar-refractivity contribution in [3.63, 3.8) is 0 Å². The summed E-state index contributed by atoms with van der Waals surface area (Å²) in [6, 6.07) is 5.69. The molecule has 0 bridgehead atoms. The highest BCUT2D eigenvalue weighted by molar-refractivity contribution is 6.60. The van der Waals surface area contributed by atoms with Crippen LogP contribution in [0.3, 0.4) is 0 Å². The molecule has 0 aromatic carbocycles. The molecule has 4 aromatic rings. The summed E-state index contributed by atoms with van der Waals surface area (Å²) in [4.78, 5) is 25.8. The van der Waals surface area contributed by atoms with Crippen molar-refractivity contribution in [2.24, 2.45) is 15.9 Å². The monoisotopic (exact) mass is 496 g/mol. The lowest BCUT2D eigenvalue weighted by Crippen LogP contribution is -2.32.